The number of carbonyl (C=O) groups excluding carboxylic acids is 1. The minimum absolute atomic E-state index is 0.115. The molecule has 1 N–H and O–H groups in total. The quantitative estimate of drug-likeness (QED) is 0.720. The highest BCUT2D eigenvalue weighted by Gasteiger charge is 2.44. The van der Waals surface area contributed by atoms with Gasteiger partial charge in [-0.15, -0.1) is 0 Å². The van der Waals surface area contributed by atoms with Crippen molar-refractivity contribution >= 4 is 39.2 Å². The summed E-state index contributed by atoms with van der Waals surface area (Å²) in [5.74, 6) is 1.34. The predicted octanol–water partition coefficient (Wildman–Crippen LogP) is 4.31. The molecule has 158 valence electrons. The zero-order valence-corrected chi connectivity index (χ0v) is 18.7. The smallest absolute Gasteiger partial charge is 0.258 e. The molecule has 2 saturated heterocycles. The summed E-state index contributed by atoms with van der Waals surface area (Å²) in [6, 6.07) is 11.7. The van der Waals surface area contributed by atoms with Crippen LogP contribution in [0.25, 0.3) is 0 Å². The largest absolute Gasteiger partial charge is 0.378 e. The average molecular weight is 471 g/mol. The first kappa shape index (κ1) is 19.8. The Hall–Kier alpha value is -2.12. The van der Waals surface area contributed by atoms with Crippen molar-refractivity contribution in [3.8, 4) is 0 Å². The molecule has 3 aliphatic rings. The number of carbonyl (C=O) groups is 1. The highest BCUT2D eigenvalue weighted by Crippen LogP contribution is 2.54. The van der Waals surface area contributed by atoms with Gasteiger partial charge in [0.2, 0.25) is 0 Å². The van der Waals surface area contributed by atoms with Crippen molar-refractivity contribution in [1.82, 2.24) is 4.98 Å². The van der Waals surface area contributed by atoms with E-state index in [-0.39, 0.29) is 5.91 Å². The Bertz CT molecular complexity index is 931. The number of morpholine rings is 1. The number of nitrogens with one attached hydrogen (secondary N) is 1. The maximum atomic E-state index is 13.2. The zero-order chi connectivity index (χ0) is 20.6. The Labute approximate surface area is 185 Å². The first-order valence-electron chi connectivity index (χ1n) is 10.8. The van der Waals surface area contributed by atoms with Crippen LogP contribution in [0.1, 0.15) is 36.0 Å². The fraction of sp³-hybridized carbons (Fsp3) is 0.478. The SMILES string of the molecule is O=C(Nc1cccc(N2CCOCC2)n1)c1ccc(Br)cc1N1CCC2(CC1)CC2. The molecule has 1 aromatic carbocycles. The second kappa shape index (κ2) is 8.19. The molecule has 3 heterocycles. The van der Waals surface area contributed by atoms with E-state index in [0.29, 0.717) is 30.0 Å². The van der Waals surface area contributed by atoms with E-state index in [1.54, 1.807) is 0 Å². The number of halogens is 1. The van der Waals surface area contributed by atoms with Crippen LogP contribution >= 0.6 is 15.9 Å². The summed E-state index contributed by atoms with van der Waals surface area (Å²) in [5, 5.41) is 3.02. The number of nitrogens with zero attached hydrogens (tertiary/aromatic N) is 3. The maximum absolute atomic E-state index is 13.2. The molecule has 1 amide bonds. The number of piperidine rings is 1. The topological polar surface area (TPSA) is 57.7 Å². The van der Waals surface area contributed by atoms with Crippen molar-refractivity contribution in [2.75, 3.05) is 54.5 Å². The number of benzene rings is 1. The molecule has 0 unspecified atom stereocenters. The van der Waals surface area contributed by atoms with E-state index < -0.39 is 0 Å². The Morgan fingerprint density at radius 1 is 1.00 bits per heavy atom. The van der Waals surface area contributed by atoms with Gasteiger partial charge in [-0.2, -0.15) is 0 Å². The van der Waals surface area contributed by atoms with Crippen LogP contribution in [0.15, 0.2) is 40.9 Å². The van der Waals surface area contributed by atoms with Crippen LogP contribution in [0.2, 0.25) is 0 Å². The number of pyridine rings is 1. The molecule has 1 saturated carbocycles. The Kier molecular flexibility index (Phi) is 5.41. The molecule has 0 atom stereocenters. The summed E-state index contributed by atoms with van der Waals surface area (Å²) >= 11 is 3.58. The van der Waals surface area contributed by atoms with E-state index in [0.717, 1.165) is 42.2 Å². The van der Waals surface area contributed by atoms with Crippen molar-refractivity contribution < 1.29 is 9.53 Å². The number of rotatable bonds is 4. The fourth-order valence-corrected chi connectivity index (χ4v) is 4.85. The van der Waals surface area contributed by atoms with E-state index in [1.807, 2.05) is 30.3 Å². The van der Waals surface area contributed by atoms with E-state index in [4.69, 9.17) is 4.74 Å². The van der Waals surface area contributed by atoms with Crippen molar-refractivity contribution in [2.24, 2.45) is 5.41 Å². The second-order valence-electron chi connectivity index (χ2n) is 8.58. The third-order valence-electron chi connectivity index (χ3n) is 6.64. The number of hydrogen-bond donors (Lipinski definition) is 1. The van der Waals surface area contributed by atoms with Crippen molar-refractivity contribution in [3.05, 3.63) is 46.4 Å². The third kappa shape index (κ3) is 4.18. The highest BCUT2D eigenvalue weighted by atomic mass is 79.9. The van der Waals surface area contributed by atoms with Gasteiger partial charge >= 0.3 is 0 Å². The van der Waals surface area contributed by atoms with Gasteiger partial charge < -0.3 is 19.9 Å². The van der Waals surface area contributed by atoms with Gasteiger partial charge in [0.25, 0.3) is 5.91 Å². The van der Waals surface area contributed by atoms with Gasteiger partial charge in [-0.1, -0.05) is 22.0 Å². The van der Waals surface area contributed by atoms with Crippen molar-refractivity contribution in [2.45, 2.75) is 25.7 Å². The molecule has 6 nitrogen and oxygen atoms in total. The van der Waals surface area contributed by atoms with Crippen LogP contribution in [-0.2, 0) is 4.74 Å². The molecular weight excluding hydrogens is 444 g/mol. The predicted molar refractivity (Wildman–Crippen MR) is 122 cm³/mol. The molecule has 7 heteroatoms. The normalized spacial score (nSPS) is 20.3. The molecule has 3 fully saturated rings. The van der Waals surface area contributed by atoms with Gasteiger partial charge in [-0.25, -0.2) is 4.98 Å². The molecule has 5 rings (SSSR count). The van der Waals surface area contributed by atoms with Crippen LogP contribution in [0.4, 0.5) is 17.3 Å². The first-order valence-corrected chi connectivity index (χ1v) is 11.6. The third-order valence-corrected chi connectivity index (χ3v) is 7.13. The summed E-state index contributed by atoms with van der Waals surface area (Å²) in [6.07, 6.45) is 5.20. The van der Waals surface area contributed by atoms with Crippen LogP contribution in [0.5, 0.6) is 0 Å². The molecule has 1 aromatic heterocycles. The van der Waals surface area contributed by atoms with Crippen molar-refractivity contribution in [3.63, 3.8) is 0 Å². The molecule has 1 aliphatic carbocycles. The lowest BCUT2D eigenvalue weighted by atomic mass is 9.93. The molecule has 1 spiro atoms. The molecule has 30 heavy (non-hydrogen) atoms. The minimum Gasteiger partial charge on any atom is -0.378 e. The van der Waals surface area contributed by atoms with Crippen LogP contribution in [0.3, 0.4) is 0 Å². The Morgan fingerprint density at radius 3 is 2.50 bits per heavy atom. The van der Waals surface area contributed by atoms with E-state index in [2.05, 4.69) is 42.1 Å². The molecular formula is C23H27BrN4O2. The van der Waals surface area contributed by atoms with Crippen LogP contribution in [-0.4, -0.2) is 50.3 Å². The monoisotopic (exact) mass is 470 g/mol. The van der Waals surface area contributed by atoms with Crippen LogP contribution < -0.4 is 15.1 Å². The molecule has 2 aromatic rings. The molecule has 0 radical (unpaired) electrons. The van der Waals surface area contributed by atoms with Gasteiger partial charge in [0, 0.05) is 30.7 Å². The number of aromatic nitrogens is 1. The molecule has 0 bridgehead atoms. The zero-order valence-electron chi connectivity index (χ0n) is 17.1. The standard InChI is InChI=1S/C23H27BrN4O2/c24-17-4-5-18(19(16-17)27-10-8-23(6-7-23)9-11-27)22(29)26-20-2-1-3-21(25-20)28-12-14-30-15-13-28/h1-5,16H,6-15H2,(H,25,26,29). The van der Waals surface area contributed by atoms with Gasteiger partial charge in [0.05, 0.1) is 24.5 Å². The summed E-state index contributed by atoms with van der Waals surface area (Å²) in [4.78, 5) is 22.4. The average Bonchev–Trinajstić information content (AvgIpc) is 3.53. The van der Waals surface area contributed by atoms with Gasteiger partial charge in [-0.05, 0) is 61.4 Å². The van der Waals surface area contributed by atoms with E-state index >= 15 is 0 Å². The summed E-state index contributed by atoms with van der Waals surface area (Å²) in [6.45, 7) is 5.08. The number of ether oxygens (including phenoxy) is 1. The summed E-state index contributed by atoms with van der Waals surface area (Å²) in [7, 11) is 0. The lowest BCUT2D eigenvalue weighted by Gasteiger charge is -2.35. The molecule has 2 aliphatic heterocycles. The number of hydrogen-bond acceptors (Lipinski definition) is 5. The Balaban J connectivity index is 1.34. The maximum Gasteiger partial charge on any atom is 0.258 e. The Morgan fingerprint density at radius 2 is 1.77 bits per heavy atom. The van der Waals surface area contributed by atoms with Gasteiger partial charge in [0.1, 0.15) is 11.6 Å². The van der Waals surface area contributed by atoms with E-state index in [1.165, 1.54) is 25.7 Å². The summed E-state index contributed by atoms with van der Waals surface area (Å²) < 4.78 is 6.42. The van der Waals surface area contributed by atoms with Crippen LogP contribution in [0, 0.1) is 5.41 Å². The fourth-order valence-electron chi connectivity index (χ4n) is 4.50. The lowest BCUT2D eigenvalue weighted by molar-refractivity contribution is 0.102. The van der Waals surface area contributed by atoms with Gasteiger partial charge in [0.15, 0.2) is 0 Å². The lowest BCUT2D eigenvalue weighted by Crippen LogP contribution is -2.37. The summed E-state index contributed by atoms with van der Waals surface area (Å²) in [5.41, 5.74) is 2.31. The van der Waals surface area contributed by atoms with Crippen molar-refractivity contribution in [1.29, 1.82) is 0 Å². The second-order valence-corrected chi connectivity index (χ2v) is 9.50. The van der Waals surface area contributed by atoms with Gasteiger partial charge in [-0.3, -0.25) is 4.79 Å². The minimum atomic E-state index is -0.115. The van der Waals surface area contributed by atoms with E-state index in [9.17, 15) is 4.79 Å². The number of amides is 1. The number of anilines is 3. The highest BCUT2D eigenvalue weighted by molar-refractivity contribution is 9.10. The first-order chi connectivity index (χ1) is 14.6.